The highest BCUT2D eigenvalue weighted by Crippen LogP contribution is 2.31. The maximum absolute atomic E-state index is 6.03. The maximum Gasteiger partial charge on any atom is 0.134 e. The molecule has 0 aliphatic carbocycles. The molecule has 2 atom stereocenters. The van der Waals surface area contributed by atoms with E-state index in [4.69, 9.17) is 4.42 Å². The molecule has 1 aliphatic heterocycles. The highest BCUT2D eigenvalue weighted by molar-refractivity contribution is 5.77. The largest absolute Gasteiger partial charge is 0.460 e. The molecule has 0 amide bonds. The zero-order valence-electron chi connectivity index (χ0n) is 12.4. The van der Waals surface area contributed by atoms with Gasteiger partial charge in [-0.05, 0) is 36.7 Å². The number of fused-ring (bicyclic) bond motifs is 1. The van der Waals surface area contributed by atoms with E-state index in [-0.39, 0.29) is 0 Å². The Bertz CT molecular complexity index is 755. The van der Waals surface area contributed by atoms with Crippen LogP contribution in [0.1, 0.15) is 23.7 Å². The van der Waals surface area contributed by atoms with Crippen molar-refractivity contribution in [3.05, 3.63) is 84.3 Å². The summed E-state index contributed by atoms with van der Waals surface area (Å²) in [4.78, 5) is 0. The third kappa shape index (κ3) is 2.64. The Hall–Kier alpha value is -2.48. The Kier molecular flexibility index (Phi) is 3.43. The van der Waals surface area contributed by atoms with Crippen LogP contribution in [0.25, 0.3) is 11.0 Å². The van der Waals surface area contributed by atoms with E-state index in [1.54, 1.807) is 0 Å². The van der Waals surface area contributed by atoms with Crippen LogP contribution >= 0.6 is 0 Å². The summed E-state index contributed by atoms with van der Waals surface area (Å²) in [7, 11) is 0. The molecule has 0 fully saturated rings. The summed E-state index contributed by atoms with van der Waals surface area (Å²) in [6.45, 7) is 0. The summed E-state index contributed by atoms with van der Waals surface area (Å²) in [6.07, 6.45) is 6.39. The minimum Gasteiger partial charge on any atom is -0.460 e. The van der Waals surface area contributed by atoms with Crippen molar-refractivity contribution in [3.63, 3.8) is 0 Å². The predicted octanol–water partition coefficient (Wildman–Crippen LogP) is 4.63. The van der Waals surface area contributed by atoms with Crippen molar-refractivity contribution in [3.8, 4) is 0 Å². The van der Waals surface area contributed by atoms with Gasteiger partial charge in [-0.2, -0.15) is 0 Å². The van der Waals surface area contributed by atoms with Gasteiger partial charge in [0.15, 0.2) is 0 Å². The van der Waals surface area contributed by atoms with Crippen LogP contribution in [0.5, 0.6) is 0 Å². The van der Waals surface area contributed by atoms with E-state index in [2.05, 4.69) is 66.1 Å². The van der Waals surface area contributed by atoms with Crippen LogP contribution in [0.4, 0.5) is 0 Å². The van der Waals surface area contributed by atoms with Crippen LogP contribution in [0.3, 0.4) is 0 Å². The van der Waals surface area contributed by atoms with Gasteiger partial charge < -0.3 is 9.73 Å². The van der Waals surface area contributed by atoms with Gasteiger partial charge in [0.2, 0.25) is 0 Å². The molecule has 2 heterocycles. The van der Waals surface area contributed by atoms with Crippen LogP contribution < -0.4 is 5.32 Å². The summed E-state index contributed by atoms with van der Waals surface area (Å²) in [5.74, 6) is 1.42. The van der Waals surface area contributed by atoms with E-state index >= 15 is 0 Å². The second-order valence-corrected chi connectivity index (χ2v) is 5.94. The van der Waals surface area contributed by atoms with Crippen molar-refractivity contribution < 1.29 is 4.42 Å². The molecule has 110 valence electrons. The SMILES string of the molecule is C1=CC(c2cc3ccccc3o2)CC(Cc2ccccc2)N1. The Morgan fingerprint density at radius 1 is 1.00 bits per heavy atom. The highest BCUT2D eigenvalue weighted by atomic mass is 16.3. The summed E-state index contributed by atoms with van der Waals surface area (Å²) >= 11 is 0. The molecule has 0 saturated carbocycles. The van der Waals surface area contributed by atoms with Gasteiger partial charge in [-0.15, -0.1) is 0 Å². The van der Waals surface area contributed by atoms with E-state index in [1.807, 2.05) is 12.1 Å². The van der Waals surface area contributed by atoms with E-state index in [1.165, 1.54) is 10.9 Å². The molecule has 22 heavy (non-hydrogen) atoms. The first-order valence-electron chi connectivity index (χ1n) is 7.83. The third-order valence-electron chi connectivity index (χ3n) is 4.33. The number of allylic oxidation sites excluding steroid dienone is 1. The Balaban J connectivity index is 1.53. The minimum absolute atomic E-state index is 0.349. The predicted molar refractivity (Wildman–Crippen MR) is 89.8 cm³/mol. The smallest absolute Gasteiger partial charge is 0.134 e. The quantitative estimate of drug-likeness (QED) is 0.760. The van der Waals surface area contributed by atoms with Crippen LogP contribution in [-0.2, 0) is 6.42 Å². The van der Waals surface area contributed by atoms with E-state index in [0.29, 0.717) is 12.0 Å². The first-order valence-corrected chi connectivity index (χ1v) is 7.83. The van der Waals surface area contributed by atoms with Crippen molar-refractivity contribution in [2.45, 2.75) is 24.8 Å². The lowest BCUT2D eigenvalue weighted by atomic mass is 9.91. The highest BCUT2D eigenvalue weighted by Gasteiger charge is 2.22. The van der Waals surface area contributed by atoms with Crippen molar-refractivity contribution in [2.24, 2.45) is 0 Å². The molecular weight excluding hydrogens is 270 g/mol. The van der Waals surface area contributed by atoms with Crippen molar-refractivity contribution in [2.75, 3.05) is 0 Å². The summed E-state index contributed by atoms with van der Waals surface area (Å²) in [5, 5.41) is 4.66. The van der Waals surface area contributed by atoms with Crippen LogP contribution in [0.2, 0.25) is 0 Å². The lowest BCUT2D eigenvalue weighted by Crippen LogP contribution is -2.31. The number of nitrogens with one attached hydrogen (secondary N) is 1. The average Bonchev–Trinajstić information content (AvgIpc) is 3.00. The number of benzene rings is 2. The molecule has 2 unspecified atom stereocenters. The van der Waals surface area contributed by atoms with E-state index in [0.717, 1.165) is 24.2 Å². The lowest BCUT2D eigenvalue weighted by Gasteiger charge is -2.25. The molecule has 2 aromatic carbocycles. The first-order chi connectivity index (χ1) is 10.9. The maximum atomic E-state index is 6.03. The van der Waals surface area contributed by atoms with Crippen molar-refractivity contribution >= 4 is 11.0 Å². The number of hydrogen-bond donors (Lipinski definition) is 1. The van der Waals surface area contributed by atoms with Gasteiger partial charge in [-0.3, -0.25) is 0 Å². The summed E-state index contributed by atoms with van der Waals surface area (Å²) < 4.78 is 6.03. The lowest BCUT2D eigenvalue weighted by molar-refractivity contribution is 0.438. The standard InChI is InChI=1S/C20H19NO/c1-2-6-15(7-3-1)12-18-13-17(10-11-21-18)20-14-16-8-4-5-9-19(16)22-20/h1-11,14,17-18,21H,12-13H2. The average molecular weight is 289 g/mol. The number of rotatable bonds is 3. The fraction of sp³-hybridized carbons (Fsp3) is 0.200. The molecule has 4 rings (SSSR count). The van der Waals surface area contributed by atoms with Gasteiger partial charge in [0.25, 0.3) is 0 Å². The normalized spacial score (nSPS) is 20.9. The monoisotopic (exact) mass is 289 g/mol. The van der Waals surface area contributed by atoms with Gasteiger partial charge in [0.05, 0.1) is 0 Å². The zero-order chi connectivity index (χ0) is 14.8. The Morgan fingerprint density at radius 2 is 1.82 bits per heavy atom. The topological polar surface area (TPSA) is 25.2 Å². The molecule has 0 spiro atoms. The van der Waals surface area contributed by atoms with Gasteiger partial charge in [0.1, 0.15) is 11.3 Å². The zero-order valence-corrected chi connectivity index (χ0v) is 12.4. The Labute approximate surface area is 130 Å². The van der Waals surface area contributed by atoms with Crippen LogP contribution in [0, 0.1) is 0 Å². The van der Waals surface area contributed by atoms with Gasteiger partial charge in [0, 0.05) is 17.3 Å². The van der Waals surface area contributed by atoms with Crippen LogP contribution in [0.15, 0.2) is 77.4 Å². The van der Waals surface area contributed by atoms with Crippen molar-refractivity contribution in [1.82, 2.24) is 5.32 Å². The molecule has 1 N–H and O–H groups in total. The molecule has 1 aromatic heterocycles. The summed E-state index contributed by atoms with van der Waals surface area (Å²) in [5.41, 5.74) is 2.35. The molecule has 0 radical (unpaired) electrons. The molecule has 2 heteroatoms. The van der Waals surface area contributed by atoms with E-state index in [9.17, 15) is 0 Å². The number of furan rings is 1. The molecular formula is C20H19NO. The number of para-hydroxylation sites is 1. The molecule has 0 bridgehead atoms. The fourth-order valence-corrected chi connectivity index (χ4v) is 3.20. The first kappa shape index (κ1) is 13.2. The van der Waals surface area contributed by atoms with Gasteiger partial charge >= 0.3 is 0 Å². The molecule has 1 aliphatic rings. The van der Waals surface area contributed by atoms with Gasteiger partial charge in [-0.25, -0.2) is 0 Å². The number of hydrogen-bond acceptors (Lipinski definition) is 2. The molecule has 0 saturated heterocycles. The fourth-order valence-electron chi connectivity index (χ4n) is 3.20. The van der Waals surface area contributed by atoms with E-state index < -0.39 is 0 Å². The van der Waals surface area contributed by atoms with Crippen molar-refractivity contribution in [1.29, 1.82) is 0 Å². The third-order valence-corrected chi connectivity index (χ3v) is 4.33. The second-order valence-electron chi connectivity index (χ2n) is 5.94. The second kappa shape index (κ2) is 5.72. The minimum atomic E-state index is 0.349. The molecule has 3 aromatic rings. The molecule has 2 nitrogen and oxygen atoms in total. The van der Waals surface area contributed by atoms with Crippen LogP contribution in [-0.4, -0.2) is 6.04 Å². The summed E-state index contributed by atoms with van der Waals surface area (Å²) in [6, 6.07) is 21.5. The van der Waals surface area contributed by atoms with Gasteiger partial charge in [-0.1, -0.05) is 54.6 Å². The Morgan fingerprint density at radius 3 is 2.68 bits per heavy atom.